The molecule has 2 aliphatic rings. The molecule has 0 heterocycles. The lowest BCUT2D eigenvalue weighted by molar-refractivity contribution is 0.0898. The highest BCUT2D eigenvalue weighted by Gasteiger charge is 2.36. The molecule has 0 aromatic heterocycles. The second kappa shape index (κ2) is 5.32. The summed E-state index contributed by atoms with van der Waals surface area (Å²) in [6.45, 7) is 4.63. The average Bonchev–Trinajstić information content (AvgIpc) is 2.47. The van der Waals surface area contributed by atoms with E-state index < -0.39 is 0 Å². The zero-order chi connectivity index (χ0) is 15.0. The highest BCUT2D eigenvalue weighted by atomic mass is 16.3. The maximum atomic E-state index is 12.7. The summed E-state index contributed by atoms with van der Waals surface area (Å²) in [6, 6.07) is 6.93. The summed E-state index contributed by atoms with van der Waals surface area (Å²) < 4.78 is 0. The fourth-order valence-electron chi connectivity index (χ4n) is 4.04. The van der Waals surface area contributed by atoms with Crippen molar-refractivity contribution >= 4 is 5.78 Å². The quantitative estimate of drug-likeness (QED) is 0.620. The van der Waals surface area contributed by atoms with Crippen molar-refractivity contribution in [3.63, 3.8) is 0 Å². The van der Waals surface area contributed by atoms with Crippen LogP contribution in [0.15, 0.2) is 35.4 Å². The third-order valence-corrected chi connectivity index (χ3v) is 5.31. The van der Waals surface area contributed by atoms with Crippen LogP contribution in [0.4, 0.5) is 0 Å². The second-order valence-corrected chi connectivity index (χ2v) is 7.14. The van der Waals surface area contributed by atoms with Crippen molar-refractivity contribution in [2.75, 3.05) is 0 Å². The Labute approximate surface area is 126 Å². The SMILES string of the molecule is CC1(C)CCCC2=C1CC(C(=O)c1ccccc1O)CC2. The molecule has 1 aromatic rings. The number of Topliss-reactive ketones (excluding diaryl/α,β-unsaturated/α-hetero) is 1. The Morgan fingerprint density at radius 1 is 1.24 bits per heavy atom. The first-order valence-electron chi connectivity index (χ1n) is 8.02. The van der Waals surface area contributed by atoms with Gasteiger partial charge in [0.05, 0.1) is 5.56 Å². The molecule has 0 saturated carbocycles. The lowest BCUT2D eigenvalue weighted by Gasteiger charge is -2.40. The van der Waals surface area contributed by atoms with Gasteiger partial charge in [-0.2, -0.15) is 0 Å². The molecule has 3 rings (SSSR count). The van der Waals surface area contributed by atoms with Gasteiger partial charge in [0.15, 0.2) is 5.78 Å². The number of rotatable bonds is 2. The van der Waals surface area contributed by atoms with Crippen LogP contribution in [0.5, 0.6) is 5.75 Å². The molecule has 0 aliphatic heterocycles. The van der Waals surface area contributed by atoms with Crippen molar-refractivity contribution in [1.29, 1.82) is 0 Å². The summed E-state index contributed by atoms with van der Waals surface area (Å²) in [5.74, 6) is 0.264. The predicted molar refractivity (Wildman–Crippen MR) is 84.4 cm³/mol. The van der Waals surface area contributed by atoms with Crippen molar-refractivity contribution in [3.8, 4) is 5.75 Å². The van der Waals surface area contributed by atoms with E-state index in [0.717, 1.165) is 19.3 Å². The van der Waals surface area contributed by atoms with Crippen molar-refractivity contribution in [3.05, 3.63) is 41.0 Å². The highest BCUT2D eigenvalue weighted by molar-refractivity contribution is 6.00. The van der Waals surface area contributed by atoms with Gasteiger partial charge >= 0.3 is 0 Å². The molecule has 2 aliphatic carbocycles. The van der Waals surface area contributed by atoms with Crippen LogP contribution in [-0.4, -0.2) is 10.9 Å². The van der Waals surface area contributed by atoms with Gasteiger partial charge < -0.3 is 5.11 Å². The van der Waals surface area contributed by atoms with Gasteiger partial charge in [0, 0.05) is 5.92 Å². The Morgan fingerprint density at radius 2 is 2.00 bits per heavy atom. The molecule has 0 fully saturated rings. The maximum absolute atomic E-state index is 12.7. The molecule has 112 valence electrons. The van der Waals surface area contributed by atoms with E-state index >= 15 is 0 Å². The molecule has 0 amide bonds. The number of phenolic OH excluding ortho intramolecular Hbond substituents is 1. The molecule has 1 unspecified atom stereocenters. The molecule has 1 atom stereocenters. The van der Waals surface area contributed by atoms with Gasteiger partial charge in [-0.25, -0.2) is 0 Å². The molecular formula is C19H24O2. The number of aromatic hydroxyl groups is 1. The van der Waals surface area contributed by atoms with E-state index in [1.54, 1.807) is 23.8 Å². The summed E-state index contributed by atoms with van der Waals surface area (Å²) in [5.41, 5.74) is 3.85. The van der Waals surface area contributed by atoms with Crippen LogP contribution in [0.1, 0.15) is 62.7 Å². The number of ketones is 1. The molecular weight excluding hydrogens is 260 g/mol. The van der Waals surface area contributed by atoms with Gasteiger partial charge in [-0.3, -0.25) is 4.79 Å². The molecule has 21 heavy (non-hydrogen) atoms. The first-order chi connectivity index (χ1) is 9.99. The van der Waals surface area contributed by atoms with Crippen LogP contribution >= 0.6 is 0 Å². The Hall–Kier alpha value is -1.57. The average molecular weight is 284 g/mol. The lowest BCUT2D eigenvalue weighted by atomic mass is 9.65. The predicted octanol–water partition coefficient (Wildman–Crippen LogP) is 4.88. The summed E-state index contributed by atoms with van der Waals surface area (Å²) in [6.07, 6.45) is 6.60. The van der Waals surface area contributed by atoms with Gasteiger partial charge in [-0.05, 0) is 56.1 Å². The zero-order valence-corrected chi connectivity index (χ0v) is 13.0. The summed E-state index contributed by atoms with van der Waals surface area (Å²) in [4.78, 5) is 12.7. The third-order valence-electron chi connectivity index (χ3n) is 5.31. The summed E-state index contributed by atoms with van der Waals surface area (Å²) in [7, 11) is 0. The van der Waals surface area contributed by atoms with E-state index in [9.17, 15) is 9.90 Å². The zero-order valence-electron chi connectivity index (χ0n) is 13.0. The first kappa shape index (κ1) is 14.4. The van der Waals surface area contributed by atoms with Crippen molar-refractivity contribution in [2.45, 2.75) is 52.4 Å². The normalized spacial score (nSPS) is 24.6. The van der Waals surface area contributed by atoms with E-state index in [-0.39, 0.29) is 22.9 Å². The Balaban J connectivity index is 1.85. The minimum atomic E-state index is 0.0365. The van der Waals surface area contributed by atoms with E-state index in [0.29, 0.717) is 5.56 Å². The molecule has 1 N–H and O–H groups in total. The minimum Gasteiger partial charge on any atom is -0.507 e. The topological polar surface area (TPSA) is 37.3 Å². The molecule has 0 bridgehead atoms. The molecule has 2 heteroatoms. The number of benzene rings is 1. The van der Waals surface area contributed by atoms with Crippen LogP contribution in [0.3, 0.4) is 0 Å². The van der Waals surface area contributed by atoms with Gasteiger partial charge in [0.25, 0.3) is 0 Å². The third kappa shape index (κ3) is 2.64. The minimum absolute atomic E-state index is 0.0365. The number of phenols is 1. The number of carbonyl (C=O) groups excluding carboxylic acids is 1. The van der Waals surface area contributed by atoms with Crippen LogP contribution in [0.2, 0.25) is 0 Å². The first-order valence-corrected chi connectivity index (χ1v) is 8.02. The maximum Gasteiger partial charge on any atom is 0.169 e. The van der Waals surface area contributed by atoms with E-state index in [1.807, 2.05) is 6.07 Å². The number of para-hydroxylation sites is 1. The van der Waals surface area contributed by atoms with Crippen molar-refractivity contribution < 1.29 is 9.90 Å². The second-order valence-electron chi connectivity index (χ2n) is 7.14. The standard InChI is InChI=1S/C19H24O2/c1-19(2)11-5-6-13-9-10-14(12-16(13)19)18(21)15-7-3-4-8-17(15)20/h3-4,7-8,14,20H,5-6,9-12H2,1-2H3. The molecule has 0 saturated heterocycles. The van der Waals surface area contributed by atoms with Crippen LogP contribution < -0.4 is 0 Å². The highest BCUT2D eigenvalue weighted by Crippen LogP contribution is 2.48. The van der Waals surface area contributed by atoms with E-state index in [1.165, 1.54) is 24.8 Å². The van der Waals surface area contributed by atoms with Crippen LogP contribution in [0, 0.1) is 11.3 Å². The fraction of sp³-hybridized carbons (Fsp3) is 0.526. The van der Waals surface area contributed by atoms with Crippen LogP contribution in [0.25, 0.3) is 0 Å². The van der Waals surface area contributed by atoms with Gasteiger partial charge in [-0.15, -0.1) is 0 Å². The summed E-state index contributed by atoms with van der Waals surface area (Å²) >= 11 is 0. The van der Waals surface area contributed by atoms with E-state index in [2.05, 4.69) is 13.8 Å². The van der Waals surface area contributed by atoms with Gasteiger partial charge in [0.2, 0.25) is 0 Å². The number of hydrogen-bond acceptors (Lipinski definition) is 2. The molecule has 0 radical (unpaired) electrons. The monoisotopic (exact) mass is 284 g/mol. The smallest absolute Gasteiger partial charge is 0.169 e. The molecule has 0 spiro atoms. The Kier molecular flexibility index (Phi) is 3.64. The van der Waals surface area contributed by atoms with Crippen LogP contribution in [-0.2, 0) is 0 Å². The fourth-order valence-corrected chi connectivity index (χ4v) is 4.04. The van der Waals surface area contributed by atoms with Crippen molar-refractivity contribution in [1.82, 2.24) is 0 Å². The van der Waals surface area contributed by atoms with E-state index in [4.69, 9.17) is 0 Å². The molecule has 1 aromatic carbocycles. The summed E-state index contributed by atoms with van der Waals surface area (Å²) in [5, 5.41) is 9.91. The number of carbonyl (C=O) groups is 1. The van der Waals surface area contributed by atoms with Gasteiger partial charge in [0.1, 0.15) is 5.75 Å². The molecule has 2 nitrogen and oxygen atoms in total. The van der Waals surface area contributed by atoms with Gasteiger partial charge in [-0.1, -0.05) is 37.1 Å². The number of allylic oxidation sites excluding steroid dienone is 2. The Bertz CT molecular complexity index is 595. The lowest BCUT2D eigenvalue weighted by Crippen LogP contribution is -2.29. The number of hydrogen-bond donors (Lipinski definition) is 1. The largest absolute Gasteiger partial charge is 0.507 e. The Morgan fingerprint density at radius 3 is 2.76 bits per heavy atom. The van der Waals surface area contributed by atoms with Crippen molar-refractivity contribution in [2.24, 2.45) is 11.3 Å².